The lowest BCUT2D eigenvalue weighted by molar-refractivity contribution is -0.0531. The third-order valence-corrected chi connectivity index (χ3v) is 8.57. The molecule has 6 rings (SSSR count). The Bertz CT molecular complexity index is 1810. The van der Waals surface area contributed by atoms with Crippen molar-refractivity contribution in [1.29, 1.82) is 0 Å². The molecule has 4 aromatic heterocycles. The standard InChI is InChI=1S/C20H26N10O10P2S/c21-15-13-16(24-6-23-15)29(7-25-13)12-2-1-9(38-12)4-37-42(34,35)40-11-3-10(5-36-41(31,32)33)39-19(11)30-8-26-14-17(30)27-20(22)28-18(14)43/h6-12,19H,1-5H2,(H,34,35)(H2,21,23,24)(H2,31,32,33)(H3,22,27,28,43)/t9-,10-,11+,12+,19+/m0/s1. The third kappa shape index (κ3) is 6.47. The Morgan fingerprint density at radius 3 is 2.53 bits per heavy atom. The number of rotatable bonds is 10. The number of fused-ring (bicyclic) bond motifs is 2. The van der Waals surface area contributed by atoms with Crippen molar-refractivity contribution in [3.05, 3.63) is 23.6 Å². The minimum absolute atomic E-state index is 0.0123. The number of nitrogens with one attached hydrogen (secondary N) is 1. The highest BCUT2D eigenvalue weighted by molar-refractivity contribution is 7.71. The van der Waals surface area contributed by atoms with E-state index in [4.69, 9.17) is 52.0 Å². The van der Waals surface area contributed by atoms with Crippen LogP contribution >= 0.6 is 27.9 Å². The molecule has 43 heavy (non-hydrogen) atoms. The summed E-state index contributed by atoms with van der Waals surface area (Å²) in [5.41, 5.74) is 13.1. The number of aromatic amines is 1. The molecule has 0 spiro atoms. The predicted molar refractivity (Wildman–Crippen MR) is 147 cm³/mol. The van der Waals surface area contributed by atoms with Gasteiger partial charge in [0, 0.05) is 6.42 Å². The molecule has 6 heterocycles. The molecule has 2 aliphatic heterocycles. The van der Waals surface area contributed by atoms with E-state index in [1.807, 2.05) is 0 Å². The number of anilines is 2. The van der Waals surface area contributed by atoms with Crippen molar-refractivity contribution in [3.63, 3.8) is 0 Å². The van der Waals surface area contributed by atoms with Crippen molar-refractivity contribution in [1.82, 2.24) is 39.0 Å². The second-order valence-corrected chi connectivity index (χ2v) is 12.8. The van der Waals surface area contributed by atoms with Crippen LogP contribution in [-0.4, -0.2) is 85.2 Å². The summed E-state index contributed by atoms with van der Waals surface area (Å²) in [6, 6.07) is 0. The van der Waals surface area contributed by atoms with Crippen molar-refractivity contribution in [2.75, 3.05) is 24.7 Å². The van der Waals surface area contributed by atoms with Gasteiger partial charge in [-0.05, 0) is 12.8 Å². The van der Waals surface area contributed by atoms with Crippen LogP contribution in [0.15, 0.2) is 19.0 Å². The van der Waals surface area contributed by atoms with Gasteiger partial charge in [-0.25, -0.2) is 34.0 Å². The Morgan fingerprint density at radius 2 is 1.74 bits per heavy atom. The molecule has 1 unspecified atom stereocenters. The molecule has 20 nitrogen and oxygen atoms in total. The molecule has 2 saturated heterocycles. The number of nitrogen functional groups attached to an aromatic ring is 2. The zero-order valence-corrected chi connectivity index (χ0v) is 24.5. The van der Waals surface area contributed by atoms with E-state index in [1.54, 1.807) is 4.57 Å². The summed E-state index contributed by atoms with van der Waals surface area (Å²) in [5.74, 6) is 0.220. The normalized spacial score (nSPS) is 26.0. The van der Waals surface area contributed by atoms with Crippen LogP contribution in [0.5, 0.6) is 0 Å². The number of nitrogens with zero attached hydrogens (tertiary/aromatic N) is 7. The number of phosphoric ester groups is 2. The van der Waals surface area contributed by atoms with Crippen LogP contribution in [0.3, 0.4) is 0 Å². The summed E-state index contributed by atoms with van der Waals surface area (Å²) in [5, 5.41) is 0. The maximum absolute atomic E-state index is 13.1. The van der Waals surface area contributed by atoms with Gasteiger partial charge in [-0.15, -0.1) is 0 Å². The molecular weight excluding hydrogens is 634 g/mol. The molecule has 6 atom stereocenters. The summed E-state index contributed by atoms with van der Waals surface area (Å²) >= 11 is 5.20. The van der Waals surface area contributed by atoms with Crippen LogP contribution in [-0.2, 0) is 32.2 Å². The van der Waals surface area contributed by atoms with E-state index in [2.05, 4.69) is 34.4 Å². The van der Waals surface area contributed by atoms with E-state index in [0.29, 0.717) is 24.0 Å². The molecule has 0 aromatic carbocycles. The lowest BCUT2D eigenvalue weighted by Crippen LogP contribution is -2.23. The molecule has 8 N–H and O–H groups in total. The van der Waals surface area contributed by atoms with Gasteiger partial charge in [0.1, 0.15) is 35.3 Å². The molecule has 232 valence electrons. The fourth-order valence-electron chi connectivity index (χ4n) is 4.96. The van der Waals surface area contributed by atoms with Gasteiger partial charge in [0.25, 0.3) is 0 Å². The first-order valence-corrected chi connectivity index (χ1v) is 16.1. The van der Waals surface area contributed by atoms with E-state index < -0.39 is 53.0 Å². The molecule has 4 aromatic rings. The molecule has 2 fully saturated rings. The number of hydrogen-bond acceptors (Lipinski definition) is 15. The number of ether oxygens (including phenoxy) is 2. The third-order valence-electron chi connectivity index (χ3n) is 6.79. The van der Waals surface area contributed by atoms with Crippen LogP contribution in [0, 0.1) is 4.64 Å². The first-order chi connectivity index (χ1) is 20.4. The average Bonchev–Trinajstić information content (AvgIpc) is 3.71. The molecule has 23 heteroatoms. The second kappa shape index (κ2) is 11.5. The summed E-state index contributed by atoms with van der Waals surface area (Å²) in [6.45, 7) is -0.805. The van der Waals surface area contributed by atoms with Gasteiger partial charge >= 0.3 is 15.6 Å². The van der Waals surface area contributed by atoms with Crippen molar-refractivity contribution in [2.24, 2.45) is 0 Å². The van der Waals surface area contributed by atoms with Crippen molar-refractivity contribution < 1.29 is 46.9 Å². The number of hydrogen-bond donors (Lipinski definition) is 6. The van der Waals surface area contributed by atoms with Gasteiger partial charge in [0.05, 0.1) is 38.1 Å². The fourth-order valence-corrected chi connectivity index (χ4v) is 6.52. The minimum Gasteiger partial charge on any atom is -0.382 e. The van der Waals surface area contributed by atoms with Gasteiger partial charge < -0.3 is 40.6 Å². The molecule has 2 aliphatic rings. The van der Waals surface area contributed by atoms with E-state index in [9.17, 15) is 14.0 Å². The lowest BCUT2D eigenvalue weighted by Gasteiger charge is -2.23. The number of phosphoric acid groups is 2. The van der Waals surface area contributed by atoms with Crippen LogP contribution in [0.4, 0.5) is 11.8 Å². The SMILES string of the molecule is Nc1nc(=S)c2ncn([C@@H]3O[C@H](COP(=O)(O)O)C[C@H]3OP(=O)(O)OC[C@@H]3CC[C@H](n4cnc5c(N)ncnc54)O3)c2[nH]1. The Kier molecular flexibility index (Phi) is 8.07. The summed E-state index contributed by atoms with van der Waals surface area (Å²) in [7, 11) is -9.55. The Balaban J connectivity index is 1.14. The van der Waals surface area contributed by atoms with Gasteiger partial charge in [-0.3, -0.25) is 22.7 Å². The molecule has 0 aliphatic carbocycles. The lowest BCUT2D eigenvalue weighted by atomic mass is 10.2. The molecule has 0 amide bonds. The van der Waals surface area contributed by atoms with Crippen molar-refractivity contribution in [3.8, 4) is 0 Å². The van der Waals surface area contributed by atoms with Gasteiger partial charge in [0.2, 0.25) is 0 Å². The Labute approximate surface area is 246 Å². The van der Waals surface area contributed by atoms with Crippen LogP contribution in [0.1, 0.15) is 31.7 Å². The summed E-state index contributed by atoms with van der Waals surface area (Å²) < 4.78 is 54.8. The van der Waals surface area contributed by atoms with E-state index in [1.165, 1.54) is 23.5 Å². The maximum Gasteiger partial charge on any atom is 0.472 e. The summed E-state index contributed by atoms with van der Waals surface area (Å²) in [6.07, 6.45) is 0.896. The van der Waals surface area contributed by atoms with E-state index >= 15 is 0 Å². The van der Waals surface area contributed by atoms with Crippen LogP contribution in [0.25, 0.3) is 22.3 Å². The van der Waals surface area contributed by atoms with Gasteiger partial charge in [-0.1, -0.05) is 12.2 Å². The summed E-state index contributed by atoms with van der Waals surface area (Å²) in [4.78, 5) is 52.2. The molecule has 0 radical (unpaired) electrons. The topological polar surface area (TPSA) is 283 Å². The second-order valence-electron chi connectivity index (χ2n) is 9.73. The zero-order valence-electron chi connectivity index (χ0n) is 21.9. The van der Waals surface area contributed by atoms with E-state index in [-0.39, 0.29) is 40.6 Å². The highest BCUT2D eigenvalue weighted by atomic mass is 32.1. The van der Waals surface area contributed by atoms with Crippen LogP contribution in [0.2, 0.25) is 0 Å². The largest absolute Gasteiger partial charge is 0.472 e. The Hall–Kier alpha value is -2.94. The monoisotopic (exact) mass is 660 g/mol. The number of aromatic nitrogens is 8. The van der Waals surface area contributed by atoms with Gasteiger partial charge in [-0.2, -0.15) is 0 Å². The predicted octanol–water partition coefficient (Wildman–Crippen LogP) is 1.07. The molecular formula is C20H26N10O10P2S. The number of H-pyrrole nitrogens is 1. The quantitative estimate of drug-likeness (QED) is 0.102. The number of nitrogens with two attached hydrogens (primary N) is 2. The molecule has 0 bridgehead atoms. The van der Waals surface area contributed by atoms with Crippen molar-refractivity contribution >= 4 is 62.0 Å². The Morgan fingerprint density at radius 1 is 1.00 bits per heavy atom. The van der Waals surface area contributed by atoms with E-state index in [0.717, 1.165) is 0 Å². The first kappa shape index (κ1) is 30.1. The number of imidazole rings is 2. The smallest absolute Gasteiger partial charge is 0.382 e. The first-order valence-electron chi connectivity index (χ1n) is 12.7. The van der Waals surface area contributed by atoms with Crippen LogP contribution < -0.4 is 11.5 Å². The zero-order chi connectivity index (χ0) is 30.5. The minimum atomic E-state index is -4.82. The fraction of sp³-hybridized carbons (Fsp3) is 0.500. The van der Waals surface area contributed by atoms with Gasteiger partial charge in [0.15, 0.2) is 28.3 Å². The highest BCUT2D eigenvalue weighted by Crippen LogP contribution is 2.50. The molecule has 0 saturated carbocycles. The highest BCUT2D eigenvalue weighted by Gasteiger charge is 2.44. The van der Waals surface area contributed by atoms with Crippen molar-refractivity contribution in [2.45, 2.75) is 50.0 Å². The average molecular weight is 661 g/mol. The maximum atomic E-state index is 13.1.